The number of nitrogens with zero attached hydrogens (tertiary/aromatic N) is 2. The van der Waals surface area contributed by atoms with E-state index in [4.69, 9.17) is 0 Å². The van der Waals surface area contributed by atoms with Crippen LogP contribution in [0.5, 0.6) is 0 Å². The van der Waals surface area contributed by atoms with Crippen LogP contribution in [0.15, 0.2) is 10.2 Å². The molecule has 5 heteroatoms. The van der Waals surface area contributed by atoms with Gasteiger partial charge in [-0.3, -0.25) is 4.79 Å². The average molecular weight is 277 g/mol. The van der Waals surface area contributed by atoms with Crippen molar-refractivity contribution in [1.29, 1.82) is 0 Å². The summed E-state index contributed by atoms with van der Waals surface area (Å²) < 4.78 is 0. The van der Waals surface area contributed by atoms with Crippen LogP contribution in [0, 0.1) is 6.92 Å². The maximum absolute atomic E-state index is 11.9. The summed E-state index contributed by atoms with van der Waals surface area (Å²) in [4.78, 5) is 23.8. The van der Waals surface area contributed by atoms with E-state index in [-0.39, 0.29) is 11.0 Å². The fourth-order valence-corrected chi connectivity index (χ4v) is 2.77. The summed E-state index contributed by atoms with van der Waals surface area (Å²) >= 11 is 1.60. The van der Waals surface area contributed by atoms with Gasteiger partial charge >= 0.3 is 0 Å². The number of aromatic nitrogens is 3. The first-order chi connectivity index (χ1) is 8.82. The molecule has 0 aromatic carbocycles. The third kappa shape index (κ3) is 2.76. The third-order valence-electron chi connectivity index (χ3n) is 2.96. The van der Waals surface area contributed by atoms with Crippen molar-refractivity contribution >= 4 is 11.3 Å². The average Bonchev–Trinajstić information content (AvgIpc) is 2.77. The van der Waals surface area contributed by atoms with Gasteiger partial charge in [-0.1, -0.05) is 27.7 Å². The van der Waals surface area contributed by atoms with Crippen LogP contribution in [0.1, 0.15) is 44.0 Å². The molecule has 0 aliphatic rings. The van der Waals surface area contributed by atoms with Gasteiger partial charge in [0.1, 0.15) is 5.69 Å². The molecule has 0 spiro atoms. The molecule has 2 heterocycles. The Morgan fingerprint density at radius 1 is 1.32 bits per heavy atom. The Hall–Kier alpha value is -1.49. The van der Waals surface area contributed by atoms with E-state index >= 15 is 0 Å². The number of thiazole rings is 1. The number of hydrogen-bond acceptors (Lipinski definition) is 4. The standard InChI is InChI=1S/C14H19N3OS/c1-6-9-8(2)15-11(17-12(9)18)10-7-19-13(16-10)14(3,4)5/h7H,6H2,1-5H3,(H,15,17,18). The molecule has 1 N–H and O–H groups in total. The molecule has 0 saturated heterocycles. The van der Waals surface area contributed by atoms with Gasteiger partial charge in [-0.15, -0.1) is 11.3 Å². The second kappa shape index (κ2) is 4.89. The van der Waals surface area contributed by atoms with Crippen molar-refractivity contribution < 1.29 is 0 Å². The maximum Gasteiger partial charge on any atom is 0.254 e. The van der Waals surface area contributed by atoms with Crippen LogP contribution in [0.3, 0.4) is 0 Å². The quantitative estimate of drug-likeness (QED) is 0.917. The predicted molar refractivity (Wildman–Crippen MR) is 78.8 cm³/mol. The molecule has 0 amide bonds. The molecule has 0 aliphatic carbocycles. The fraction of sp³-hybridized carbons (Fsp3) is 0.500. The summed E-state index contributed by atoms with van der Waals surface area (Å²) in [5, 5.41) is 2.99. The number of aromatic amines is 1. The van der Waals surface area contributed by atoms with Crippen LogP contribution < -0.4 is 5.56 Å². The van der Waals surface area contributed by atoms with Gasteiger partial charge in [0.05, 0.1) is 5.01 Å². The fourth-order valence-electron chi connectivity index (χ4n) is 1.88. The van der Waals surface area contributed by atoms with Crippen LogP contribution in [0.4, 0.5) is 0 Å². The lowest BCUT2D eigenvalue weighted by molar-refractivity contribution is 0.586. The molecule has 19 heavy (non-hydrogen) atoms. The number of rotatable bonds is 2. The molecule has 0 unspecified atom stereocenters. The molecular weight excluding hydrogens is 258 g/mol. The van der Waals surface area contributed by atoms with Crippen LogP contribution in [-0.2, 0) is 11.8 Å². The van der Waals surface area contributed by atoms with Gasteiger partial charge in [-0.25, -0.2) is 9.97 Å². The van der Waals surface area contributed by atoms with Crippen molar-refractivity contribution in [3.05, 3.63) is 32.0 Å². The van der Waals surface area contributed by atoms with Crippen molar-refractivity contribution in [1.82, 2.24) is 15.0 Å². The monoisotopic (exact) mass is 277 g/mol. The highest BCUT2D eigenvalue weighted by Gasteiger charge is 2.19. The van der Waals surface area contributed by atoms with Crippen LogP contribution >= 0.6 is 11.3 Å². The molecule has 102 valence electrons. The molecule has 0 radical (unpaired) electrons. The van der Waals surface area contributed by atoms with Crippen LogP contribution in [-0.4, -0.2) is 15.0 Å². The van der Waals surface area contributed by atoms with Gasteiger partial charge in [0.25, 0.3) is 5.56 Å². The Labute approximate surface area is 117 Å². The molecule has 4 nitrogen and oxygen atoms in total. The molecule has 2 rings (SSSR count). The van der Waals surface area contributed by atoms with E-state index in [0.717, 1.165) is 22.0 Å². The Kier molecular flexibility index (Phi) is 3.58. The summed E-state index contributed by atoms with van der Waals surface area (Å²) in [5.74, 6) is 0.562. The largest absolute Gasteiger partial charge is 0.305 e. The van der Waals surface area contributed by atoms with E-state index in [1.807, 2.05) is 19.2 Å². The zero-order valence-electron chi connectivity index (χ0n) is 12.0. The summed E-state index contributed by atoms with van der Waals surface area (Å²) in [6.45, 7) is 10.2. The number of aryl methyl sites for hydroxylation is 1. The smallest absolute Gasteiger partial charge is 0.254 e. The van der Waals surface area contributed by atoms with E-state index in [2.05, 4.69) is 35.7 Å². The van der Waals surface area contributed by atoms with Crippen LogP contribution in [0.2, 0.25) is 0 Å². The van der Waals surface area contributed by atoms with Crippen molar-refractivity contribution in [2.24, 2.45) is 0 Å². The molecule has 0 fully saturated rings. The van der Waals surface area contributed by atoms with Gasteiger partial charge in [0.15, 0.2) is 5.82 Å². The Morgan fingerprint density at radius 3 is 2.47 bits per heavy atom. The normalized spacial score (nSPS) is 11.8. The SMILES string of the molecule is CCc1c(C)nc(-c2csc(C(C)(C)C)n2)[nH]c1=O. The topological polar surface area (TPSA) is 58.6 Å². The predicted octanol–water partition coefficient (Wildman–Crippen LogP) is 3.06. The maximum atomic E-state index is 11.9. The Morgan fingerprint density at radius 2 is 2.00 bits per heavy atom. The van der Waals surface area contributed by atoms with E-state index in [0.29, 0.717) is 12.2 Å². The van der Waals surface area contributed by atoms with E-state index in [9.17, 15) is 4.79 Å². The molecular formula is C14H19N3OS. The minimum atomic E-state index is -0.0599. The van der Waals surface area contributed by atoms with Crippen molar-refractivity contribution in [3.63, 3.8) is 0 Å². The first-order valence-electron chi connectivity index (χ1n) is 6.39. The second-order valence-electron chi connectivity index (χ2n) is 5.62. The summed E-state index contributed by atoms with van der Waals surface area (Å²) in [6.07, 6.45) is 0.693. The van der Waals surface area contributed by atoms with Gasteiger partial charge in [0.2, 0.25) is 0 Å². The number of hydrogen-bond donors (Lipinski definition) is 1. The van der Waals surface area contributed by atoms with Gasteiger partial charge in [0, 0.05) is 22.1 Å². The minimum Gasteiger partial charge on any atom is -0.305 e. The zero-order chi connectivity index (χ0) is 14.2. The van der Waals surface area contributed by atoms with Gasteiger partial charge in [-0.05, 0) is 13.3 Å². The number of nitrogens with one attached hydrogen (secondary N) is 1. The number of H-pyrrole nitrogens is 1. The van der Waals surface area contributed by atoms with Crippen LogP contribution in [0.25, 0.3) is 11.5 Å². The van der Waals surface area contributed by atoms with Gasteiger partial charge < -0.3 is 4.98 Å². The highest BCUT2D eigenvalue weighted by molar-refractivity contribution is 7.10. The van der Waals surface area contributed by atoms with E-state index < -0.39 is 0 Å². The lowest BCUT2D eigenvalue weighted by atomic mass is 9.98. The second-order valence-corrected chi connectivity index (χ2v) is 6.48. The van der Waals surface area contributed by atoms with Gasteiger partial charge in [-0.2, -0.15) is 0 Å². The molecule has 0 bridgehead atoms. The molecule has 0 aliphatic heterocycles. The highest BCUT2D eigenvalue weighted by Crippen LogP contribution is 2.28. The lowest BCUT2D eigenvalue weighted by Crippen LogP contribution is -2.17. The minimum absolute atomic E-state index is 0.0155. The third-order valence-corrected chi connectivity index (χ3v) is 4.23. The first kappa shape index (κ1) is 13.9. The summed E-state index contributed by atoms with van der Waals surface area (Å²) in [7, 11) is 0. The Balaban J connectivity index is 2.49. The molecule has 0 saturated carbocycles. The molecule has 2 aromatic heterocycles. The zero-order valence-corrected chi connectivity index (χ0v) is 12.8. The first-order valence-corrected chi connectivity index (χ1v) is 7.27. The molecule has 0 atom stereocenters. The lowest BCUT2D eigenvalue weighted by Gasteiger charge is -2.13. The van der Waals surface area contributed by atoms with Crippen molar-refractivity contribution in [3.8, 4) is 11.5 Å². The van der Waals surface area contributed by atoms with Crippen molar-refractivity contribution in [2.75, 3.05) is 0 Å². The summed E-state index contributed by atoms with van der Waals surface area (Å²) in [5.41, 5.74) is 2.23. The Bertz CT molecular complexity index is 649. The van der Waals surface area contributed by atoms with E-state index in [1.54, 1.807) is 11.3 Å². The summed E-state index contributed by atoms with van der Waals surface area (Å²) in [6, 6.07) is 0. The van der Waals surface area contributed by atoms with Crippen molar-refractivity contribution in [2.45, 2.75) is 46.5 Å². The molecule has 2 aromatic rings. The van der Waals surface area contributed by atoms with E-state index in [1.165, 1.54) is 0 Å². The highest BCUT2D eigenvalue weighted by atomic mass is 32.1.